The SMILES string of the molecule is CCC(C)C(NC(=O)C(N)Cc1ccc(O)cc1)C(=O)NC(Cc1ccccc1)C(=O)NC(CC(C)C)C(=O)O. The number of benzene rings is 2. The number of hydrogen-bond acceptors (Lipinski definition) is 6. The predicted octanol–water partition coefficient (Wildman–Crippen LogP) is 2.14. The van der Waals surface area contributed by atoms with E-state index in [4.69, 9.17) is 5.73 Å². The topological polar surface area (TPSA) is 171 Å². The van der Waals surface area contributed by atoms with Gasteiger partial charge >= 0.3 is 5.97 Å². The Labute approximate surface area is 235 Å². The van der Waals surface area contributed by atoms with Crippen LogP contribution in [-0.4, -0.2) is 58.1 Å². The number of aromatic hydroxyl groups is 1. The normalized spacial score (nSPS) is 14.8. The molecule has 0 heterocycles. The second-order valence-corrected chi connectivity index (χ2v) is 10.6. The first-order valence-corrected chi connectivity index (χ1v) is 13.6. The number of phenols is 1. The summed E-state index contributed by atoms with van der Waals surface area (Å²) in [4.78, 5) is 51.5. The van der Waals surface area contributed by atoms with Crippen molar-refractivity contribution in [3.63, 3.8) is 0 Å². The molecule has 218 valence electrons. The zero-order chi connectivity index (χ0) is 29.8. The summed E-state index contributed by atoms with van der Waals surface area (Å²) < 4.78 is 0. The van der Waals surface area contributed by atoms with Crippen LogP contribution in [0.15, 0.2) is 54.6 Å². The second kappa shape index (κ2) is 15.6. The fourth-order valence-electron chi connectivity index (χ4n) is 4.23. The maximum atomic E-state index is 13.5. The van der Waals surface area contributed by atoms with E-state index in [0.717, 1.165) is 11.1 Å². The minimum absolute atomic E-state index is 0.0272. The minimum atomic E-state index is -1.15. The molecule has 0 bridgehead atoms. The maximum Gasteiger partial charge on any atom is 0.326 e. The Kier molecular flexibility index (Phi) is 12.6. The molecule has 10 nitrogen and oxygen atoms in total. The van der Waals surface area contributed by atoms with Crippen molar-refractivity contribution in [2.24, 2.45) is 17.6 Å². The van der Waals surface area contributed by atoms with E-state index >= 15 is 0 Å². The van der Waals surface area contributed by atoms with Crippen LogP contribution in [0.25, 0.3) is 0 Å². The van der Waals surface area contributed by atoms with E-state index in [1.54, 1.807) is 12.1 Å². The number of carboxylic acids is 1. The van der Waals surface area contributed by atoms with Crippen molar-refractivity contribution in [3.8, 4) is 5.75 Å². The van der Waals surface area contributed by atoms with E-state index < -0.39 is 47.9 Å². The van der Waals surface area contributed by atoms with Crippen LogP contribution in [0.3, 0.4) is 0 Å². The lowest BCUT2D eigenvalue weighted by Gasteiger charge is -2.28. The standard InChI is InChI=1S/C30H42N4O6/c1-5-19(4)26(34-27(36)23(31)16-21-11-13-22(35)14-12-21)29(38)32-24(17-20-9-7-6-8-10-20)28(37)33-25(30(39)40)15-18(2)3/h6-14,18-19,23-26,35H,5,15-17,31H2,1-4H3,(H,32,38)(H,33,37)(H,34,36)(H,39,40). The van der Waals surface area contributed by atoms with Crippen LogP contribution in [0, 0.1) is 11.8 Å². The Morgan fingerprint density at radius 3 is 1.90 bits per heavy atom. The maximum absolute atomic E-state index is 13.5. The van der Waals surface area contributed by atoms with Crippen molar-refractivity contribution in [2.75, 3.05) is 0 Å². The number of phenolic OH excluding ortho intramolecular Hbond substituents is 1. The monoisotopic (exact) mass is 554 g/mol. The molecule has 0 saturated heterocycles. The molecular formula is C30H42N4O6. The van der Waals surface area contributed by atoms with Crippen molar-refractivity contribution in [1.29, 1.82) is 0 Å². The molecule has 0 spiro atoms. The molecule has 2 aromatic rings. The van der Waals surface area contributed by atoms with Crippen molar-refractivity contribution < 1.29 is 29.4 Å². The molecule has 0 aliphatic heterocycles. The molecule has 2 aromatic carbocycles. The smallest absolute Gasteiger partial charge is 0.326 e. The second-order valence-electron chi connectivity index (χ2n) is 10.6. The van der Waals surface area contributed by atoms with Crippen molar-refractivity contribution in [3.05, 3.63) is 65.7 Å². The molecule has 40 heavy (non-hydrogen) atoms. The van der Waals surface area contributed by atoms with Gasteiger partial charge in [0.1, 0.15) is 23.9 Å². The molecule has 0 aromatic heterocycles. The lowest BCUT2D eigenvalue weighted by Crippen LogP contribution is -2.59. The lowest BCUT2D eigenvalue weighted by atomic mass is 9.96. The van der Waals surface area contributed by atoms with Crippen molar-refractivity contribution in [2.45, 2.75) is 77.5 Å². The zero-order valence-corrected chi connectivity index (χ0v) is 23.6. The van der Waals surface area contributed by atoms with Crippen LogP contribution in [-0.2, 0) is 32.0 Å². The van der Waals surface area contributed by atoms with E-state index in [1.807, 2.05) is 58.0 Å². The van der Waals surface area contributed by atoms with Gasteiger partial charge in [-0.05, 0) is 47.9 Å². The number of aliphatic carboxylic acids is 1. The van der Waals surface area contributed by atoms with E-state index in [2.05, 4.69) is 16.0 Å². The summed E-state index contributed by atoms with van der Waals surface area (Å²) >= 11 is 0. The first-order chi connectivity index (χ1) is 18.9. The molecule has 5 unspecified atom stereocenters. The number of nitrogens with one attached hydrogen (secondary N) is 3. The van der Waals surface area contributed by atoms with Crippen molar-refractivity contribution >= 4 is 23.7 Å². The number of carbonyl (C=O) groups is 4. The van der Waals surface area contributed by atoms with Crippen LogP contribution in [0.4, 0.5) is 0 Å². The van der Waals surface area contributed by atoms with Crippen LogP contribution in [0.1, 0.15) is 51.7 Å². The summed E-state index contributed by atoms with van der Waals surface area (Å²) in [5.41, 5.74) is 7.65. The van der Waals surface area contributed by atoms with Gasteiger partial charge in [-0.1, -0.05) is 76.6 Å². The van der Waals surface area contributed by atoms with Gasteiger partial charge in [0.15, 0.2) is 0 Å². The van der Waals surface area contributed by atoms with Gasteiger partial charge in [-0.25, -0.2) is 4.79 Å². The average molecular weight is 555 g/mol. The summed E-state index contributed by atoms with van der Waals surface area (Å²) in [5.74, 6) is -3.02. The van der Waals surface area contributed by atoms with Crippen LogP contribution in [0.2, 0.25) is 0 Å². The number of amides is 3. The molecule has 0 saturated carbocycles. The summed E-state index contributed by atoms with van der Waals surface area (Å²) in [5, 5.41) is 27.1. The third-order valence-electron chi connectivity index (χ3n) is 6.76. The molecule has 0 fully saturated rings. The Morgan fingerprint density at radius 1 is 0.775 bits per heavy atom. The van der Waals surface area contributed by atoms with Gasteiger partial charge in [-0.15, -0.1) is 0 Å². The number of carbonyl (C=O) groups excluding carboxylic acids is 3. The van der Waals surface area contributed by atoms with Crippen LogP contribution >= 0.6 is 0 Å². The highest BCUT2D eigenvalue weighted by Gasteiger charge is 2.32. The molecule has 10 heteroatoms. The van der Waals surface area contributed by atoms with Gasteiger partial charge in [0, 0.05) is 6.42 Å². The van der Waals surface area contributed by atoms with Gasteiger partial charge in [0.25, 0.3) is 0 Å². The molecule has 7 N–H and O–H groups in total. The van der Waals surface area contributed by atoms with Crippen LogP contribution < -0.4 is 21.7 Å². The highest BCUT2D eigenvalue weighted by Crippen LogP contribution is 2.13. The molecule has 0 aliphatic carbocycles. The van der Waals surface area contributed by atoms with Gasteiger partial charge in [0.05, 0.1) is 6.04 Å². The fraction of sp³-hybridized carbons (Fsp3) is 0.467. The van der Waals surface area contributed by atoms with E-state index in [-0.39, 0.29) is 36.8 Å². The van der Waals surface area contributed by atoms with Crippen molar-refractivity contribution in [1.82, 2.24) is 16.0 Å². The number of rotatable bonds is 15. The first-order valence-electron chi connectivity index (χ1n) is 13.6. The van der Waals surface area contributed by atoms with Gasteiger partial charge < -0.3 is 31.9 Å². The minimum Gasteiger partial charge on any atom is -0.508 e. The Hall–Kier alpha value is -3.92. The molecule has 0 radical (unpaired) electrons. The zero-order valence-electron chi connectivity index (χ0n) is 23.6. The molecular weight excluding hydrogens is 512 g/mol. The third kappa shape index (κ3) is 10.3. The quantitative estimate of drug-likeness (QED) is 0.196. The highest BCUT2D eigenvalue weighted by atomic mass is 16.4. The first kappa shape index (κ1) is 32.3. The lowest BCUT2D eigenvalue weighted by molar-refractivity contribution is -0.142. The number of carboxylic acid groups (broad SMARTS) is 1. The van der Waals surface area contributed by atoms with Gasteiger partial charge in [-0.2, -0.15) is 0 Å². The Morgan fingerprint density at radius 2 is 1.35 bits per heavy atom. The Bertz CT molecular complexity index is 1120. The summed E-state index contributed by atoms with van der Waals surface area (Å²) in [6.45, 7) is 7.41. The largest absolute Gasteiger partial charge is 0.508 e. The number of nitrogens with two attached hydrogens (primary N) is 1. The van der Waals surface area contributed by atoms with E-state index in [1.165, 1.54) is 12.1 Å². The summed E-state index contributed by atoms with van der Waals surface area (Å²) in [7, 11) is 0. The highest BCUT2D eigenvalue weighted by molar-refractivity contribution is 5.94. The molecule has 5 atom stereocenters. The summed E-state index contributed by atoms with van der Waals surface area (Å²) in [6, 6.07) is 11.3. The average Bonchev–Trinajstić information content (AvgIpc) is 2.91. The predicted molar refractivity (Wildman–Crippen MR) is 152 cm³/mol. The molecule has 0 aliphatic rings. The molecule has 3 amide bonds. The fourth-order valence-corrected chi connectivity index (χ4v) is 4.23. The van der Waals surface area contributed by atoms with Gasteiger partial charge in [0.2, 0.25) is 17.7 Å². The van der Waals surface area contributed by atoms with Gasteiger partial charge in [-0.3, -0.25) is 14.4 Å². The van der Waals surface area contributed by atoms with E-state index in [0.29, 0.717) is 6.42 Å². The molecule has 2 rings (SSSR count). The summed E-state index contributed by atoms with van der Waals surface area (Å²) in [6.07, 6.45) is 1.13. The van der Waals surface area contributed by atoms with E-state index in [9.17, 15) is 29.4 Å². The third-order valence-corrected chi connectivity index (χ3v) is 6.76. The van der Waals surface area contributed by atoms with Crippen LogP contribution in [0.5, 0.6) is 5.75 Å². The number of hydrogen-bond donors (Lipinski definition) is 6. The Balaban J connectivity index is 2.21.